The molecule has 5 N–H and O–H groups in total. The average molecular weight is 359 g/mol. The number of nitrogens with zero attached hydrogens (tertiary/aromatic N) is 2. The molecule has 1 heterocycles. The van der Waals surface area contributed by atoms with Crippen LogP contribution in [-0.2, 0) is 27.3 Å². The number of nitrogens with two attached hydrogens (primary N) is 1. The summed E-state index contributed by atoms with van der Waals surface area (Å²) in [6, 6.07) is 8.29. The number of carbonyl (C=O) groups is 3. The number of aromatic nitrogens is 2. The van der Waals surface area contributed by atoms with Gasteiger partial charge in [0.05, 0.1) is 25.1 Å². The molecule has 9 heteroatoms. The van der Waals surface area contributed by atoms with Gasteiger partial charge >= 0.3 is 5.97 Å². The SMILES string of the molecule is NC(=O)[C@H](Cc1c[nH]cn1)NC(=O)CN(CC(=O)O)Cc1ccccc1. The fourth-order valence-electron chi connectivity index (χ4n) is 2.48. The smallest absolute Gasteiger partial charge is 0.317 e. The van der Waals surface area contributed by atoms with Crippen molar-refractivity contribution in [3.8, 4) is 0 Å². The van der Waals surface area contributed by atoms with Gasteiger partial charge in [0.25, 0.3) is 0 Å². The summed E-state index contributed by atoms with van der Waals surface area (Å²) in [6.45, 7) is -0.185. The fourth-order valence-corrected chi connectivity index (χ4v) is 2.48. The topological polar surface area (TPSA) is 141 Å². The van der Waals surface area contributed by atoms with Crippen molar-refractivity contribution in [2.24, 2.45) is 5.73 Å². The number of carboxylic acids is 1. The normalized spacial score (nSPS) is 11.9. The quantitative estimate of drug-likeness (QED) is 0.451. The number of benzene rings is 1. The van der Waals surface area contributed by atoms with Crippen LogP contribution in [0.3, 0.4) is 0 Å². The largest absolute Gasteiger partial charge is 0.480 e. The number of carboxylic acid groups (broad SMARTS) is 1. The average Bonchev–Trinajstić information content (AvgIpc) is 3.07. The van der Waals surface area contributed by atoms with Crippen molar-refractivity contribution in [3.63, 3.8) is 0 Å². The summed E-state index contributed by atoms with van der Waals surface area (Å²) >= 11 is 0. The van der Waals surface area contributed by atoms with Gasteiger partial charge in [-0.3, -0.25) is 19.3 Å². The van der Waals surface area contributed by atoms with Crippen LogP contribution in [0.4, 0.5) is 0 Å². The summed E-state index contributed by atoms with van der Waals surface area (Å²) in [5.74, 6) is -2.22. The Bertz CT molecular complexity index is 733. The predicted molar refractivity (Wildman–Crippen MR) is 92.8 cm³/mol. The van der Waals surface area contributed by atoms with Crippen molar-refractivity contribution in [1.82, 2.24) is 20.2 Å². The first kappa shape index (κ1) is 19.1. The summed E-state index contributed by atoms with van der Waals surface area (Å²) in [5.41, 5.74) is 6.80. The van der Waals surface area contributed by atoms with Gasteiger partial charge < -0.3 is 21.1 Å². The van der Waals surface area contributed by atoms with E-state index in [0.29, 0.717) is 12.2 Å². The summed E-state index contributed by atoms with van der Waals surface area (Å²) in [4.78, 5) is 43.2. The summed E-state index contributed by atoms with van der Waals surface area (Å²) < 4.78 is 0. The lowest BCUT2D eigenvalue weighted by Crippen LogP contribution is -2.49. The molecule has 2 rings (SSSR count). The summed E-state index contributed by atoms with van der Waals surface area (Å²) in [5, 5.41) is 11.6. The van der Waals surface area contributed by atoms with Crippen molar-refractivity contribution in [2.45, 2.75) is 19.0 Å². The van der Waals surface area contributed by atoms with Crippen LogP contribution in [0, 0.1) is 0 Å². The number of aliphatic carboxylic acids is 1. The first-order chi connectivity index (χ1) is 12.4. The Balaban J connectivity index is 1.97. The van der Waals surface area contributed by atoms with Crippen LogP contribution < -0.4 is 11.1 Å². The highest BCUT2D eigenvalue weighted by Gasteiger charge is 2.21. The van der Waals surface area contributed by atoms with E-state index in [1.165, 1.54) is 11.2 Å². The maximum atomic E-state index is 12.3. The van der Waals surface area contributed by atoms with Crippen LogP contribution in [0.15, 0.2) is 42.9 Å². The van der Waals surface area contributed by atoms with Gasteiger partial charge in [-0.05, 0) is 5.56 Å². The Morgan fingerprint density at radius 1 is 1.23 bits per heavy atom. The zero-order chi connectivity index (χ0) is 18.9. The van der Waals surface area contributed by atoms with Gasteiger partial charge in [-0.1, -0.05) is 30.3 Å². The first-order valence-corrected chi connectivity index (χ1v) is 7.98. The Morgan fingerprint density at radius 2 is 1.96 bits per heavy atom. The minimum atomic E-state index is -1.04. The lowest BCUT2D eigenvalue weighted by molar-refractivity contribution is -0.139. The summed E-state index contributed by atoms with van der Waals surface area (Å²) in [7, 11) is 0. The van der Waals surface area contributed by atoms with Gasteiger partial charge in [0.1, 0.15) is 6.04 Å². The second-order valence-electron chi connectivity index (χ2n) is 5.81. The number of aromatic amines is 1. The Labute approximate surface area is 150 Å². The third kappa shape index (κ3) is 6.36. The van der Waals surface area contributed by atoms with E-state index in [1.807, 2.05) is 30.3 Å². The van der Waals surface area contributed by atoms with Gasteiger partial charge in [-0.2, -0.15) is 0 Å². The van der Waals surface area contributed by atoms with E-state index in [1.54, 1.807) is 6.20 Å². The molecule has 2 aromatic rings. The molecule has 0 aliphatic rings. The second kappa shape index (κ2) is 9.33. The van der Waals surface area contributed by atoms with Gasteiger partial charge in [0, 0.05) is 19.2 Å². The number of primary amides is 1. The molecule has 0 aliphatic heterocycles. The molecule has 0 unspecified atom stereocenters. The maximum absolute atomic E-state index is 12.3. The number of carbonyl (C=O) groups excluding carboxylic acids is 2. The molecular weight excluding hydrogens is 338 g/mol. The molecule has 9 nitrogen and oxygen atoms in total. The Hall–Kier alpha value is -3.20. The van der Waals surface area contributed by atoms with E-state index in [9.17, 15) is 14.4 Å². The van der Waals surface area contributed by atoms with E-state index in [-0.39, 0.29) is 19.5 Å². The highest BCUT2D eigenvalue weighted by Crippen LogP contribution is 2.05. The Kier molecular flexibility index (Phi) is 6.86. The molecule has 0 spiro atoms. The molecule has 0 bridgehead atoms. The highest BCUT2D eigenvalue weighted by atomic mass is 16.4. The van der Waals surface area contributed by atoms with Crippen LogP contribution in [0.5, 0.6) is 0 Å². The number of imidazole rings is 1. The minimum Gasteiger partial charge on any atom is -0.480 e. The summed E-state index contributed by atoms with van der Waals surface area (Å²) in [6.07, 6.45) is 3.22. The third-order valence-electron chi connectivity index (χ3n) is 3.62. The molecule has 1 aromatic carbocycles. The van der Waals surface area contributed by atoms with Crippen molar-refractivity contribution in [3.05, 3.63) is 54.1 Å². The first-order valence-electron chi connectivity index (χ1n) is 7.98. The predicted octanol–water partition coefficient (Wildman–Crippen LogP) is -0.491. The number of rotatable bonds is 10. The minimum absolute atomic E-state index is 0.155. The van der Waals surface area contributed by atoms with Crippen LogP contribution >= 0.6 is 0 Å². The van der Waals surface area contributed by atoms with Gasteiger partial charge in [0.2, 0.25) is 11.8 Å². The zero-order valence-corrected chi connectivity index (χ0v) is 14.1. The maximum Gasteiger partial charge on any atom is 0.317 e. The number of H-pyrrole nitrogens is 1. The lowest BCUT2D eigenvalue weighted by Gasteiger charge is -2.21. The third-order valence-corrected chi connectivity index (χ3v) is 3.62. The van der Waals surface area contributed by atoms with Crippen molar-refractivity contribution in [2.75, 3.05) is 13.1 Å². The van der Waals surface area contributed by atoms with Crippen LogP contribution in [0.1, 0.15) is 11.3 Å². The van der Waals surface area contributed by atoms with Gasteiger partial charge in [0.15, 0.2) is 0 Å². The number of hydrogen-bond acceptors (Lipinski definition) is 5. The molecule has 0 radical (unpaired) electrons. The number of amides is 2. The molecule has 0 fully saturated rings. The molecule has 2 amide bonds. The zero-order valence-electron chi connectivity index (χ0n) is 14.1. The van der Waals surface area contributed by atoms with E-state index in [2.05, 4.69) is 15.3 Å². The molecular formula is C17H21N5O4. The molecule has 0 saturated heterocycles. The second-order valence-corrected chi connectivity index (χ2v) is 5.81. The van der Waals surface area contributed by atoms with Crippen LogP contribution in [0.2, 0.25) is 0 Å². The number of hydrogen-bond donors (Lipinski definition) is 4. The fraction of sp³-hybridized carbons (Fsp3) is 0.294. The van der Waals surface area contributed by atoms with Crippen molar-refractivity contribution in [1.29, 1.82) is 0 Å². The lowest BCUT2D eigenvalue weighted by atomic mass is 10.1. The molecule has 138 valence electrons. The molecule has 1 aromatic heterocycles. The Morgan fingerprint density at radius 3 is 2.54 bits per heavy atom. The highest BCUT2D eigenvalue weighted by molar-refractivity contribution is 5.87. The molecule has 0 saturated carbocycles. The monoisotopic (exact) mass is 359 g/mol. The molecule has 1 atom stereocenters. The van der Waals surface area contributed by atoms with E-state index >= 15 is 0 Å². The van der Waals surface area contributed by atoms with Gasteiger partial charge in [-0.25, -0.2) is 4.98 Å². The van der Waals surface area contributed by atoms with Crippen LogP contribution in [-0.4, -0.2) is 56.9 Å². The van der Waals surface area contributed by atoms with E-state index in [0.717, 1.165) is 5.56 Å². The molecule has 0 aliphatic carbocycles. The van der Waals surface area contributed by atoms with Crippen molar-refractivity contribution >= 4 is 17.8 Å². The molecule has 26 heavy (non-hydrogen) atoms. The number of nitrogens with one attached hydrogen (secondary N) is 2. The van der Waals surface area contributed by atoms with E-state index < -0.39 is 23.8 Å². The van der Waals surface area contributed by atoms with Crippen molar-refractivity contribution < 1.29 is 19.5 Å². The van der Waals surface area contributed by atoms with E-state index in [4.69, 9.17) is 10.8 Å². The van der Waals surface area contributed by atoms with Gasteiger partial charge in [-0.15, -0.1) is 0 Å². The standard InChI is InChI=1S/C17H21N5O4/c18-17(26)14(6-13-7-19-11-20-13)21-15(23)9-22(10-16(24)25)8-12-4-2-1-3-5-12/h1-5,7,11,14H,6,8-10H2,(H2,18,26)(H,19,20)(H,21,23)(H,24,25)/t14-/m0/s1. The van der Waals surface area contributed by atoms with Crippen LogP contribution in [0.25, 0.3) is 0 Å².